The predicted octanol–water partition coefficient (Wildman–Crippen LogP) is 2.54. The number of likely N-dealkylation sites (tertiary alicyclic amines) is 1. The Hall–Kier alpha value is -3.69. The first-order valence-electron chi connectivity index (χ1n) is 12.7. The first-order chi connectivity index (χ1) is 17.3. The Bertz CT molecular complexity index is 1100. The number of carbonyl (C=O) groups is 3. The lowest BCUT2D eigenvalue weighted by molar-refractivity contribution is -0.131. The van der Waals surface area contributed by atoms with Crippen LogP contribution in [-0.2, 0) is 9.59 Å². The lowest BCUT2D eigenvalue weighted by atomic mass is 9.89. The zero-order valence-corrected chi connectivity index (χ0v) is 21.0. The molecule has 0 radical (unpaired) electrons. The van der Waals surface area contributed by atoms with Gasteiger partial charge in [0.25, 0.3) is 5.91 Å². The number of hydrogen-bond acceptors (Lipinski definition) is 7. The third kappa shape index (κ3) is 6.10. The summed E-state index contributed by atoms with van der Waals surface area (Å²) >= 11 is 0. The number of benzene rings is 1. The van der Waals surface area contributed by atoms with E-state index in [2.05, 4.69) is 37.6 Å². The fourth-order valence-corrected chi connectivity index (χ4v) is 5.05. The van der Waals surface area contributed by atoms with Gasteiger partial charge in [-0.2, -0.15) is 0 Å². The smallest absolute Gasteiger partial charge is 0.271 e. The van der Waals surface area contributed by atoms with Gasteiger partial charge >= 0.3 is 0 Å². The number of carbonyl (C=O) groups excluding carboxylic acids is 3. The molecule has 2 aliphatic heterocycles. The summed E-state index contributed by atoms with van der Waals surface area (Å²) in [5, 5.41) is 6.18. The molecule has 1 aromatic carbocycles. The normalized spacial score (nSPS) is 18.6. The second-order valence-electron chi connectivity index (χ2n) is 9.53. The molecule has 10 nitrogen and oxygen atoms in total. The minimum absolute atomic E-state index is 0.0461. The molecule has 36 heavy (non-hydrogen) atoms. The van der Waals surface area contributed by atoms with Crippen LogP contribution in [0.4, 0.5) is 17.3 Å². The van der Waals surface area contributed by atoms with Gasteiger partial charge in [-0.15, -0.1) is 0 Å². The zero-order valence-electron chi connectivity index (χ0n) is 21.0. The molecule has 4 rings (SSSR count). The van der Waals surface area contributed by atoms with Gasteiger partial charge in [-0.25, -0.2) is 9.97 Å². The molecule has 2 saturated heterocycles. The second kappa shape index (κ2) is 11.4. The maximum atomic E-state index is 12.0. The topological polar surface area (TPSA) is 134 Å². The lowest BCUT2D eigenvalue weighted by Crippen LogP contribution is -2.47. The zero-order chi connectivity index (χ0) is 25.7. The molecule has 4 N–H and O–H groups in total. The second-order valence-corrected chi connectivity index (χ2v) is 9.53. The summed E-state index contributed by atoms with van der Waals surface area (Å²) in [5.74, 6) is 0.860. The minimum Gasteiger partial charge on any atom is -0.364 e. The van der Waals surface area contributed by atoms with Gasteiger partial charge in [0.1, 0.15) is 5.82 Å². The average molecular weight is 494 g/mol. The molecule has 192 valence electrons. The Kier molecular flexibility index (Phi) is 8.02. The molecule has 0 bridgehead atoms. The number of anilines is 3. The highest BCUT2D eigenvalue weighted by atomic mass is 16.2. The van der Waals surface area contributed by atoms with Crippen LogP contribution in [-0.4, -0.2) is 64.8 Å². The van der Waals surface area contributed by atoms with Crippen molar-refractivity contribution in [3.8, 4) is 0 Å². The van der Waals surface area contributed by atoms with Crippen molar-refractivity contribution < 1.29 is 14.4 Å². The van der Waals surface area contributed by atoms with Crippen LogP contribution in [0.2, 0.25) is 0 Å². The standard InChI is InChI=1S/C26H35N7O3/c1-3-23(35)32-13-10-19(11-14-32)18-6-8-20(9-7-18)30-26-24(25(27)36)28-15-22(31-26)33-12-4-5-21(16-33)29-17(2)34/h6-9,15,19,21H,3-5,10-14,16H2,1-2H3,(H2,27,36)(H,29,34)(H,30,31). The van der Waals surface area contributed by atoms with Crippen molar-refractivity contribution >= 4 is 35.0 Å². The van der Waals surface area contributed by atoms with Crippen molar-refractivity contribution in [3.63, 3.8) is 0 Å². The van der Waals surface area contributed by atoms with E-state index in [1.807, 2.05) is 24.0 Å². The maximum Gasteiger partial charge on any atom is 0.271 e. The van der Waals surface area contributed by atoms with Crippen LogP contribution in [0.25, 0.3) is 0 Å². The van der Waals surface area contributed by atoms with Crippen LogP contribution < -0.4 is 21.3 Å². The number of nitrogens with two attached hydrogens (primary N) is 1. The Balaban J connectivity index is 1.46. The van der Waals surface area contributed by atoms with Crippen molar-refractivity contribution in [2.45, 2.75) is 57.9 Å². The molecule has 0 aliphatic carbocycles. The maximum absolute atomic E-state index is 12.0. The quantitative estimate of drug-likeness (QED) is 0.540. The van der Waals surface area contributed by atoms with Crippen molar-refractivity contribution in [1.82, 2.24) is 20.2 Å². The van der Waals surface area contributed by atoms with Gasteiger partial charge in [-0.1, -0.05) is 19.1 Å². The predicted molar refractivity (Wildman–Crippen MR) is 138 cm³/mol. The highest BCUT2D eigenvalue weighted by Crippen LogP contribution is 2.30. The number of piperidine rings is 2. The highest BCUT2D eigenvalue weighted by molar-refractivity contribution is 5.96. The van der Waals surface area contributed by atoms with Gasteiger partial charge in [0.05, 0.1) is 6.20 Å². The van der Waals surface area contributed by atoms with Gasteiger partial charge in [0.2, 0.25) is 11.8 Å². The van der Waals surface area contributed by atoms with E-state index in [-0.39, 0.29) is 23.6 Å². The first-order valence-corrected chi connectivity index (χ1v) is 12.7. The van der Waals surface area contributed by atoms with Crippen LogP contribution in [0, 0.1) is 0 Å². The molecule has 3 heterocycles. The average Bonchev–Trinajstić information content (AvgIpc) is 2.88. The van der Waals surface area contributed by atoms with E-state index in [0.717, 1.165) is 51.0 Å². The third-order valence-corrected chi connectivity index (χ3v) is 6.94. The molecule has 0 spiro atoms. The van der Waals surface area contributed by atoms with E-state index in [1.54, 1.807) is 6.20 Å². The van der Waals surface area contributed by atoms with Crippen molar-refractivity contribution in [1.29, 1.82) is 0 Å². The van der Waals surface area contributed by atoms with E-state index >= 15 is 0 Å². The fourth-order valence-electron chi connectivity index (χ4n) is 5.05. The molecule has 1 atom stereocenters. The van der Waals surface area contributed by atoms with Crippen LogP contribution >= 0.6 is 0 Å². The summed E-state index contributed by atoms with van der Waals surface area (Å²) in [4.78, 5) is 48.4. The van der Waals surface area contributed by atoms with Crippen molar-refractivity contribution in [2.75, 3.05) is 36.4 Å². The summed E-state index contributed by atoms with van der Waals surface area (Å²) in [5.41, 5.74) is 7.65. The fraction of sp³-hybridized carbons (Fsp3) is 0.500. The highest BCUT2D eigenvalue weighted by Gasteiger charge is 2.25. The summed E-state index contributed by atoms with van der Waals surface area (Å²) in [6.07, 6.45) is 5.84. The van der Waals surface area contributed by atoms with Crippen molar-refractivity contribution in [2.24, 2.45) is 5.73 Å². The van der Waals surface area contributed by atoms with Gasteiger partial charge in [0.15, 0.2) is 11.5 Å². The largest absolute Gasteiger partial charge is 0.364 e. The van der Waals surface area contributed by atoms with E-state index in [1.165, 1.54) is 12.5 Å². The molecule has 1 unspecified atom stereocenters. The minimum atomic E-state index is -0.656. The van der Waals surface area contributed by atoms with Gasteiger partial charge in [-0.05, 0) is 49.3 Å². The lowest BCUT2D eigenvalue weighted by Gasteiger charge is -2.33. The van der Waals surface area contributed by atoms with Crippen LogP contribution in [0.3, 0.4) is 0 Å². The third-order valence-electron chi connectivity index (χ3n) is 6.94. The number of aromatic nitrogens is 2. The molecule has 3 amide bonds. The Morgan fingerprint density at radius 1 is 1.08 bits per heavy atom. The Labute approximate surface area is 211 Å². The number of amides is 3. The van der Waals surface area contributed by atoms with Crippen LogP contribution in [0.15, 0.2) is 30.5 Å². The summed E-state index contributed by atoms with van der Waals surface area (Å²) < 4.78 is 0. The monoisotopic (exact) mass is 493 g/mol. The number of nitrogens with one attached hydrogen (secondary N) is 2. The molecule has 10 heteroatoms. The Morgan fingerprint density at radius 2 is 1.81 bits per heavy atom. The molecular weight excluding hydrogens is 458 g/mol. The Morgan fingerprint density at radius 3 is 2.44 bits per heavy atom. The number of primary amides is 1. The van der Waals surface area contributed by atoms with Gasteiger partial charge in [0, 0.05) is 51.3 Å². The number of rotatable bonds is 7. The van der Waals surface area contributed by atoms with Gasteiger partial charge < -0.3 is 26.2 Å². The van der Waals surface area contributed by atoms with E-state index in [0.29, 0.717) is 30.5 Å². The van der Waals surface area contributed by atoms with E-state index in [9.17, 15) is 14.4 Å². The van der Waals surface area contributed by atoms with Gasteiger partial charge in [-0.3, -0.25) is 14.4 Å². The van der Waals surface area contributed by atoms with Crippen molar-refractivity contribution in [3.05, 3.63) is 41.7 Å². The first kappa shape index (κ1) is 25.4. The summed E-state index contributed by atoms with van der Waals surface area (Å²) in [7, 11) is 0. The van der Waals surface area contributed by atoms with E-state index in [4.69, 9.17) is 5.73 Å². The summed E-state index contributed by atoms with van der Waals surface area (Å²) in [6, 6.07) is 8.13. The van der Waals surface area contributed by atoms with Crippen LogP contribution in [0.1, 0.15) is 67.9 Å². The number of hydrogen-bond donors (Lipinski definition) is 3. The van der Waals surface area contributed by atoms with Crippen LogP contribution in [0.5, 0.6) is 0 Å². The molecular formula is C26H35N7O3. The molecule has 1 aromatic heterocycles. The number of nitrogens with zero attached hydrogens (tertiary/aromatic N) is 4. The molecule has 2 aliphatic rings. The summed E-state index contributed by atoms with van der Waals surface area (Å²) in [6.45, 7) is 6.42. The molecule has 2 aromatic rings. The molecule has 0 saturated carbocycles. The SMILES string of the molecule is CCC(=O)N1CCC(c2ccc(Nc3nc(N4CCCC(NC(C)=O)C4)cnc3C(N)=O)cc2)CC1. The molecule has 2 fully saturated rings. The van der Waals surface area contributed by atoms with E-state index < -0.39 is 5.91 Å².